The van der Waals surface area contributed by atoms with E-state index in [0.29, 0.717) is 19.0 Å². The highest BCUT2D eigenvalue weighted by atomic mass is 31.2. The van der Waals surface area contributed by atoms with Crippen LogP contribution in [0, 0.1) is 0 Å². The van der Waals surface area contributed by atoms with Crippen LogP contribution in [0.5, 0.6) is 0 Å². The van der Waals surface area contributed by atoms with E-state index in [2.05, 4.69) is 6.58 Å². The smallest absolute Gasteiger partial charge is 0.197 e. The van der Waals surface area contributed by atoms with E-state index in [1.165, 1.54) is 12.7 Å². The first-order valence-electron chi connectivity index (χ1n) is 4.40. The Labute approximate surface area is 79.3 Å². The van der Waals surface area contributed by atoms with Gasteiger partial charge in [0.05, 0.1) is 0 Å². The van der Waals surface area contributed by atoms with Crippen LogP contribution in [0.1, 0.15) is 25.7 Å². The fraction of sp³-hybridized carbons (Fsp3) is 0.667. The van der Waals surface area contributed by atoms with Gasteiger partial charge in [-0.15, -0.1) is 0 Å². The molecule has 0 saturated heterocycles. The molecule has 1 N–H and O–H groups in total. The summed E-state index contributed by atoms with van der Waals surface area (Å²) in [5.74, 6) is 0.0451. The maximum atomic E-state index is 10.8. The van der Waals surface area contributed by atoms with Gasteiger partial charge >= 0.3 is 0 Å². The average molecular weight is 204 g/mol. The van der Waals surface area contributed by atoms with E-state index < -0.39 is 7.37 Å². The SMILES string of the molecule is C=CC(=O)CCCCCP(C)(=O)O. The van der Waals surface area contributed by atoms with Crippen molar-refractivity contribution in [3.05, 3.63) is 12.7 Å². The summed E-state index contributed by atoms with van der Waals surface area (Å²) in [7, 11) is -2.84. The molecular weight excluding hydrogens is 187 g/mol. The van der Waals surface area contributed by atoms with Gasteiger partial charge in [0.1, 0.15) is 0 Å². The van der Waals surface area contributed by atoms with Crippen LogP contribution in [-0.2, 0) is 9.36 Å². The summed E-state index contributed by atoms with van der Waals surface area (Å²) in [5, 5.41) is 0. The number of hydrogen-bond donors (Lipinski definition) is 1. The van der Waals surface area contributed by atoms with Crippen LogP contribution in [0.3, 0.4) is 0 Å². The Hall–Kier alpha value is -0.400. The van der Waals surface area contributed by atoms with E-state index in [9.17, 15) is 9.36 Å². The zero-order valence-corrected chi connectivity index (χ0v) is 8.93. The zero-order valence-electron chi connectivity index (χ0n) is 8.03. The third kappa shape index (κ3) is 9.51. The van der Waals surface area contributed by atoms with Crippen molar-refractivity contribution in [1.82, 2.24) is 0 Å². The predicted molar refractivity (Wildman–Crippen MR) is 54.3 cm³/mol. The van der Waals surface area contributed by atoms with Crippen LogP contribution in [0.25, 0.3) is 0 Å². The van der Waals surface area contributed by atoms with Crippen molar-refractivity contribution in [2.75, 3.05) is 12.8 Å². The van der Waals surface area contributed by atoms with Gasteiger partial charge < -0.3 is 4.89 Å². The van der Waals surface area contributed by atoms with Crippen LogP contribution in [0.4, 0.5) is 0 Å². The number of carbonyl (C=O) groups is 1. The highest BCUT2D eigenvalue weighted by Gasteiger charge is 2.08. The van der Waals surface area contributed by atoms with Crippen molar-refractivity contribution in [2.45, 2.75) is 25.7 Å². The summed E-state index contributed by atoms with van der Waals surface area (Å²) < 4.78 is 10.8. The second kappa shape index (κ2) is 6.11. The lowest BCUT2D eigenvalue weighted by Gasteiger charge is -2.03. The van der Waals surface area contributed by atoms with Gasteiger partial charge in [-0.2, -0.15) is 0 Å². The topological polar surface area (TPSA) is 54.4 Å². The molecule has 0 aromatic rings. The third-order valence-electron chi connectivity index (χ3n) is 1.72. The average Bonchev–Trinajstić information content (AvgIpc) is 2.01. The largest absolute Gasteiger partial charge is 0.344 e. The molecule has 0 fully saturated rings. The molecule has 0 heterocycles. The Morgan fingerprint density at radius 3 is 2.54 bits per heavy atom. The monoisotopic (exact) mass is 204 g/mol. The van der Waals surface area contributed by atoms with E-state index in [4.69, 9.17) is 4.89 Å². The molecule has 0 spiro atoms. The minimum atomic E-state index is -2.84. The molecule has 0 aliphatic heterocycles. The molecule has 4 heteroatoms. The number of rotatable bonds is 7. The molecule has 0 bridgehead atoms. The molecule has 0 amide bonds. The van der Waals surface area contributed by atoms with Crippen LogP contribution >= 0.6 is 7.37 Å². The first-order chi connectivity index (χ1) is 5.95. The summed E-state index contributed by atoms with van der Waals surface area (Å²) in [5.41, 5.74) is 0. The summed E-state index contributed by atoms with van der Waals surface area (Å²) in [6, 6.07) is 0. The second-order valence-corrected chi connectivity index (χ2v) is 5.80. The third-order valence-corrected chi connectivity index (χ3v) is 2.87. The van der Waals surface area contributed by atoms with Crippen molar-refractivity contribution in [2.24, 2.45) is 0 Å². The Morgan fingerprint density at radius 1 is 1.46 bits per heavy atom. The molecule has 0 saturated carbocycles. The van der Waals surface area contributed by atoms with Crippen molar-refractivity contribution in [3.8, 4) is 0 Å². The van der Waals surface area contributed by atoms with Gasteiger partial charge in [-0.1, -0.05) is 13.0 Å². The molecule has 13 heavy (non-hydrogen) atoms. The first kappa shape index (κ1) is 12.6. The Balaban J connectivity index is 3.32. The van der Waals surface area contributed by atoms with Crippen LogP contribution in [0.15, 0.2) is 12.7 Å². The van der Waals surface area contributed by atoms with Gasteiger partial charge in [0.2, 0.25) is 0 Å². The Bertz CT molecular complexity index is 217. The van der Waals surface area contributed by atoms with Crippen molar-refractivity contribution in [3.63, 3.8) is 0 Å². The molecule has 0 aromatic carbocycles. The number of unbranched alkanes of at least 4 members (excludes halogenated alkanes) is 2. The normalized spacial score (nSPS) is 14.9. The van der Waals surface area contributed by atoms with Crippen molar-refractivity contribution < 1.29 is 14.3 Å². The minimum absolute atomic E-state index is 0.0451. The van der Waals surface area contributed by atoms with Crippen LogP contribution in [0.2, 0.25) is 0 Å². The van der Waals surface area contributed by atoms with Gasteiger partial charge in [0.15, 0.2) is 13.2 Å². The number of ketones is 1. The van der Waals surface area contributed by atoms with Crippen LogP contribution < -0.4 is 0 Å². The molecule has 0 rings (SSSR count). The minimum Gasteiger partial charge on any atom is -0.344 e. The standard InChI is InChI=1S/C9H17O3P/c1-3-9(10)7-5-4-6-8-13(2,11)12/h3H,1,4-8H2,2H3,(H,11,12). The van der Waals surface area contributed by atoms with E-state index in [1.54, 1.807) is 0 Å². The summed E-state index contributed by atoms with van der Waals surface area (Å²) in [6.07, 6.45) is 4.51. The number of hydrogen-bond acceptors (Lipinski definition) is 2. The molecule has 0 aliphatic rings. The molecule has 3 nitrogen and oxygen atoms in total. The Kier molecular flexibility index (Phi) is 5.93. The van der Waals surface area contributed by atoms with Crippen molar-refractivity contribution >= 4 is 13.2 Å². The molecule has 76 valence electrons. The van der Waals surface area contributed by atoms with Gasteiger partial charge in [-0.3, -0.25) is 9.36 Å². The van der Waals surface area contributed by atoms with Crippen LogP contribution in [-0.4, -0.2) is 23.5 Å². The number of carbonyl (C=O) groups excluding carboxylic acids is 1. The van der Waals surface area contributed by atoms with Gasteiger partial charge in [0, 0.05) is 19.2 Å². The van der Waals surface area contributed by atoms with E-state index in [0.717, 1.165) is 12.8 Å². The molecular formula is C9H17O3P. The molecule has 0 aliphatic carbocycles. The second-order valence-electron chi connectivity index (χ2n) is 3.26. The fourth-order valence-electron chi connectivity index (χ4n) is 0.983. The Morgan fingerprint density at radius 2 is 2.08 bits per heavy atom. The lowest BCUT2D eigenvalue weighted by atomic mass is 10.1. The van der Waals surface area contributed by atoms with Gasteiger partial charge in [0.25, 0.3) is 0 Å². The van der Waals surface area contributed by atoms with Crippen molar-refractivity contribution in [1.29, 1.82) is 0 Å². The molecule has 1 unspecified atom stereocenters. The maximum absolute atomic E-state index is 10.8. The van der Waals surface area contributed by atoms with E-state index in [-0.39, 0.29) is 5.78 Å². The summed E-state index contributed by atoms with van der Waals surface area (Å²) >= 11 is 0. The molecule has 0 radical (unpaired) electrons. The highest BCUT2D eigenvalue weighted by Crippen LogP contribution is 2.36. The van der Waals surface area contributed by atoms with E-state index in [1.807, 2.05) is 0 Å². The van der Waals surface area contributed by atoms with E-state index >= 15 is 0 Å². The quantitative estimate of drug-likeness (QED) is 0.393. The highest BCUT2D eigenvalue weighted by molar-refractivity contribution is 7.57. The number of allylic oxidation sites excluding steroid dienone is 1. The summed E-state index contributed by atoms with van der Waals surface area (Å²) in [4.78, 5) is 19.7. The van der Waals surface area contributed by atoms with Gasteiger partial charge in [-0.05, 0) is 18.9 Å². The fourth-order valence-corrected chi connectivity index (χ4v) is 1.79. The summed E-state index contributed by atoms with van der Waals surface area (Å²) in [6.45, 7) is 4.73. The molecule has 1 atom stereocenters. The van der Waals surface area contributed by atoms with Gasteiger partial charge in [-0.25, -0.2) is 0 Å². The first-order valence-corrected chi connectivity index (χ1v) is 6.69. The maximum Gasteiger partial charge on any atom is 0.197 e. The lowest BCUT2D eigenvalue weighted by Crippen LogP contribution is -1.93. The zero-order chi connectivity index (χ0) is 10.3. The molecule has 0 aromatic heterocycles. The predicted octanol–water partition coefficient (Wildman–Crippen LogP) is 2.20. The lowest BCUT2D eigenvalue weighted by molar-refractivity contribution is -0.114.